The molecule has 138 valence electrons. The fraction of sp³-hybridized carbons (Fsp3) is 0.105. The van der Waals surface area contributed by atoms with Gasteiger partial charge in [0, 0.05) is 18.7 Å². The number of ketones is 1. The van der Waals surface area contributed by atoms with E-state index in [1.807, 2.05) is 30.3 Å². The quantitative estimate of drug-likeness (QED) is 0.660. The lowest BCUT2D eigenvalue weighted by Gasteiger charge is -2.06. The van der Waals surface area contributed by atoms with Crippen molar-refractivity contribution < 1.29 is 18.0 Å². The first-order valence-electron chi connectivity index (χ1n) is 7.95. The number of nitrogens with one attached hydrogen (secondary N) is 1. The first-order valence-corrected chi connectivity index (χ1v) is 10.7. The maximum absolute atomic E-state index is 12.6. The van der Waals surface area contributed by atoms with Crippen molar-refractivity contribution in [3.63, 3.8) is 0 Å². The Balaban J connectivity index is 1.98. The Kier molecular flexibility index (Phi) is 5.20. The van der Waals surface area contributed by atoms with Gasteiger partial charge in [0.1, 0.15) is 0 Å². The molecule has 27 heavy (non-hydrogen) atoms. The van der Waals surface area contributed by atoms with Gasteiger partial charge in [-0.25, -0.2) is 13.4 Å². The lowest BCUT2D eigenvalue weighted by atomic mass is 10.1. The third-order valence-electron chi connectivity index (χ3n) is 3.75. The minimum atomic E-state index is -3.56. The fourth-order valence-corrected chi connectivity index (χ4v) is 4.31. The number of rotatable bonds is 5. The zero-order valence-corrected chi connectivity index (χ0v) is 16.2. The van der Waals surface area contributed by atoms with Crippen LogP contribution in [-0.4, -0.2) is 31.3 Å². The molecule has 0 atom stereocenters. The van der Waals surface area contributed by atoms with Crippen molar-refractivity contribution in [1.82, 2.24) is 4.98 Å². The summed E-state index contributed by atoms with van der Waals surface area (Å²) in [6.07, 6.45) is 1.05. The van der Waals surface area contributed by atoms with E-state index in [9.17, 15) is 18.0 Å². The molecule has 8 heteroatoms. The number of Topliss-reactive ketones (excluding diaryl/α,β-unsaturated/α-hetero) is 1. The standard InChI is InChI=1S/C19H16N2O4S2/c1-12(22)17-16(13-8-4-3-5-9-13)20-19(26-17)21-18(23)14-10-6-7-11-15(14)27(2,24)25/h3-11H,1-2H3,(H,20,21,23). The molecule has 0 saturated heterocycles. The molecule has 0 aliphatic carbocycles. The van der Waals surface area contributed by atoms with Crippen LogP contribution in [0.3, 0.4) is 0 Å². The Labute approximate surface area is 160 Å². The van der Waals surface area contributed by atoms with E-state index >= 15 is 0 Å². The van der Waals surface area contributed by atoms with Gasteiger partial charge in [-0.15, -0.1) is 0 Å². The predicted octanol–water partition coefficient (Wildman–Crippen LogP) is 3.67. The Hall–Kier alpha value is -2.84. The van der Waals surface area contributed by atoms with E-state index in [0.29, 0.717) is 10.6 Å². The highest BCUT2D eigenvalue weighted by Gasteiger charge is 2.21. The second-order valence-corrected chi connectivity index (χ2v) is 8.82. The number of carbonyl (C=O) groups excluding carboxylic acids is 2. The number of sulfone groups is 1. The summed E-state index contributed by atoms with van der Waals surface area (Å²) in [5, 5.41) is 2.84. The number of carbonyl (C=O) groups is 2. The fourth-order valence-electron chi connectivity index (χ4n) is 2.55. The number of nitrogens with zero attached hydrogens (tertiary/aromatic N) is 1. The van der Waals surface area contributed by atoms with E-state index < -0.39 is 15.7 Å². The smallest absolute Gasteiger partial charge is 0.258 e. The number of aromatic nitrogens is 1. The molecular weight excluding hydrogens is 384 g/mol. The molecule has 0 spiro atoms. The van der Waals surface area contributed by atoms with E-state index in [1.54, 1.807) is 12.1 Å². The highest BCUT2D eigenvalue weighted by atomic mass is 32.2. The van der Waals surface area contributed by atoms with Gasteiger partial charge in [-0.2, -0.15) is 0 Å². The van der Waals surface area contributed by atoms with Gasteiger partial charge in [0.25, 0.3) is 5.91 Å². The molecule has 1 amide bonds. The van der Waals surface area contributed by atoms with Crippen LogP contribution < -0.4 is 5.32 Å². The zero-order valence-electron chi connectivity index (χ0n) is 14.6. The second-order valence-electron chi connectivity index (χ2n) is 5.84. The molecular formula is C19H16N2O4S2. The average molecular weight is 400 g/mol. The third kappa shape index (κ3) is 4.12. The van der Waals surface area contributed by atoms with Crippen molar-refractivity contribution in [2.75, 3.05) is 11.6 Å². The molecule has 6 nitrogen and oxygen atoms in total. The monoisotopic (exact) mass is 400 g/mol. The molecule has 1 heterocycles. The van der Waals surface area contributed by atoms with Gasteiger partial charge < -0.3 is 0 Å². The summed E-state index contributed by atoms with van der Waals surface area (Å²) < 4.78 is 23.8. The average Bonchev–Trinajstić information content (AvgIpc) is 3.06. The van der Waals surface area contributed by atoms with Gasteiger partial charge in [0.05, 0.1) is 21.0 Å². The molecule has 0 aliphatic heterocycles. The minimum Gasteiger partial charge on any atom is -0.298 e. The lowest BCUT2D eigenvalue weighted by molar-refractivity contribution is 0.101. The largest absolute Gasteiger partial charge is 0.298 e. The summed E-state index contributed by atoms with van der Waals surface area (Å²) in [6.45, 7) is 1.44. The van der Waals surface area contributed by atoms with Crippen LogP contribution in [0.1, 0.15) is 27.0 Å². The third-order valence-corrected chi connectivity index (χ3v) is 5.97. The van der Waals surface area contributed by atoms with Crippen LogP contribution >= 0.6 is 11.3 Å². The number of amides is 1. The summed E-state index contributed by atoms with van der Waals surface area (Å²) in [6, 6.07) is 15.1. The molecule has 1 aromatic heterocycles. The second kappa shape index (κ2) is 7.42. The van der Waals surface area contributed by atoms with E-state index in [0.717, 1.165) is 23.2 Å². The van der Waals surface area contributed by atoms with Crippen molar-refractivity contribution in [1.29, 1.82) is 0 Å². The summed E-state index contributed by atoms with van der Waals surface area (Å²) >= 11 is 1.06. The van der Waals surface area contributed by atoms with Gasteiger partial charge in [0.15, 0.2) is 20.8 Å². The number of anilines is 1. The molecule has 0 fully saturated rings. The maximum Gasteiger partial charge on any atom is 0.258 e. The van der Waals surface area contributed by atoms with Crippen LogP contribution in [0.25, 0.3) is 11.3 Å². The predicted molar refractivity (Wildman–Crippen MR) is 105 cm³/mol. The van der Waals surface area contributed by atoms with Crippen LogP contribution in [0.4, 0.5) is 5.13 Å². The summed E-state index contributed by atoms with van der Waals surface area (Å²) in [5.41, 5.74) is 1.27. The maximum atomic E-state index is 12.6. The Morgan fingerprint density at radius 1 is 1.00 bits per heavy atom. The highest BCUT2D eigenvalue weighted by Crippen LogP contribution is 2.32. The molecule has 0 saturated carbocycles. The molecule has 0 radical (unpaired) electrons. The van der Waals surface area contributed by atoms with E-state index in [1.165, 1.54) is 19.1 Å². The van der Waals surface area contributed by atoms with E-state index in [2.05, 4.69) is 10.3 Å². The van der Waals surface area contributed by atoms with E-state index in [4.69, 9.17) is 0 Å². The molecule has 3 aromatic rings. The molecule has 2 aromatic carbocycles. The first-order chi connectivity index (χ1) is 12.8. The SMILES string of the molecule is CC(=O)c1sc(NC(=O)c2ccccc2S(C)(=O)=O)nc1-c1ccccc1. The van der Waals surface area contributed by atoms with Crippen LogP contribution in [-0.2, 0) is 9.84 Å². The Bertz CT molecular complexity index is 1120. The lowest BCUT2D eigenvalue weighted by Crippen LogP contribution is -2.15. The number of benzene rings is 2. The summed E-state index contributed by atoms with van der Waals surface area (Å²) in [7, 11) is -3.56. The van der Waals surface area contributed by atoms with Gasteiger partial charge in [-0.3, -0.25) is 14.9 Å². The molecule has 0 bridgehead atoms. The van der Waals surface area contributed by atoms with Crippen molar-refractivity contribution in [2.24, 2.45) is 0 Å². The van der Waals surface area contributed by atoms with Gasteiger partial charge in [-0.1, -0.05) is 53.8 Å². The van der Waals surface area contributed by atoms with Crippen molar-refractivity contribution in [3.05, 3.63) is 65.0 Å². The van der Waals surface area contributed by atoms with Gasteiger partial charge in [-0.05, 0) is 12.1 Å². The number of thiazole rings is 1. The number of hydrogen-bond donors (Lipinski definition) is 1. The van der Waals surface area contributed by atoms with Gasteiger partial charge >= 0.3 is 0 Å². The normalized spacial score (nSPS) is 11.2. The minimum absolute atomic E-state index is 0.0286. The van der Waals surface area contributed by atoms with Crippen LogP contribution in [0.5, 0.6) is 0 Å². The molecule has 3 rings (SSSR count). The summed E-state index contributed by atoms with van der Waals surface area (Å²) in [5.74, 6) is -0.761. The van der Waals surface area contributed by atoms with Gasteiger partial charge in [0.2, 0.25) is 0 Å². The first kappa shape index (κ1) is 18.9. The topological polar surface area (TPSA) is 93.2 Å². The zero-order chi connectivity index (χ0) is 19.6. The molecule has 1 N–H and O–H groups in total. The molecule has 0 unspecified atom stereocenters. The van der Waals surface area contributed by atoms with Crippen molar-refractivity contribution in [3.8, 4) is 11.3 Å². The Morgan fingerprint density at radius 3 is 2.26 bits per heavy atom. The van der Waals surface area contributed by atoms with Crippen LogP contribution in [0.15, 0.2) is 59.5 Å². The Morgan fingerprint density at radius 2 is 1.63 bits per heavy atom. The van der Waals surface area contributed by atoms with Crippen LogP contribution in [0.2, 0.25) is 0 Å². The van der Waals surface area contributed by atoms with E-state index in [-0.39, 0.29) is 21.4 Å². The van der Waals surface area contributed by atoms with Crippen LogP contribution in [0, 0.1) is 0 Å². The van der Waals surface area contributed by atoms with Crippen molar-refractivity contribution >= 4 is 38.0 Å². The van der Waals surface area contributed by atoms with Crippen molar-refractivity contribution in [2.45, 2.75) is 11.8 Å². The highest BCUT2D eigenvalue weighted by molar-refractivity contribution is 7.90. The molecule has 0 aliphatic rings. The number of hydrogen-bond acceptors (Lipinski definition) is 6. The summed E-state index contributed by atoms with van der Waals surface area (Å²) in [4.78, 5) is 29.3.